The van der Waals surface area contributed by atoms with E-state index in [2.05, 4.69) is 70.3 Å². The Morgan fingerprint density at radius 2 is 1.71 bits per heavy atom. The van der Waals surface area contributed by atoms with Gasteiger partial charge in [0, 0.05) is 12.6 Å². The maximum atomic E-state index is 4.21. The first-order chi connectivity index (χ1) is 16.8. The Bertz CT molecular complexity index is 891. The Labute approximate surface area is 216 Å². The number of rotatable bonds is 8. The fraction of sp³-hybridized carbons (Fsp3) is 0.824. The molecule has 0 bridgehead atoms. The topological polar surface area (TPSA) is 12.0 Å². The first-order valence-corrected chi connectivity index (χ1v) is 15.6. The van der Waals surface area contributed by atoms with E-state index in [0.717, 1.165) is 54.0 Å². The highest BCUT2D eigenvalue weighted by Gasteiger charge is 2.77. The van der Waals surface area contributed by atoms with Gasteiger partial charge in [0.2, 0.25) is 0 Å². The molecule has 5 saturated carbocycles. The van der Waals surface area contributed by atoms with Crippen molar-refractivity contribution < 1.29 is 0 Å². The van der Waals surface area contributed by atoms with Crippen LogP contribution in [0, 0.1) is 57.7 Å². The van der Waals surface area contributed by atoms with Gasteiger partial charge in [0.25, 0.3) is 0 Å². The van der Waals surface area contributed by atoms with Gasteiger partial charge in [-0.1, -0.05) is 84.2 Å². The summed E-state index contributed by atoms with van der Waals surface area (Å²) in [6, 6.07) is 11.9. The van der Waals surface area contributed by atoms with Crippen molar-refractivity contribution in [2.45, 2.75) is 118 Å². The van der Waals surface area contributed by atoms with Crippen molar-refractivity contribution in [3.63, 3.8) is 0 Å². The minimum atomic E-state index is 0.594. The van der Waals surface area contributed by atoms with Crippen molar-refractivity contribution in [1.29, 1.82) is 0 Å². The molecule has 1 aromatic rings. The number of hydrogen-bond acceptors (Lipinski definition) is 1. The van der Waals surface area contributed by atoms with Gasteiger partial charge in [-0.2, -0.15) is 0 Å². The van der Waals surface area contributed by atoms with Crippen molar-refractivity contribution in [3.8, 4) is 0 Å². The zero-order valence-corrected chi connectivity index (χ0v) is 23.5. The van der Waals surface area contributed by atoms with Gasteiger partial charge in [0.15, 0.2) is 0 Å². The Kier molecular flexibility index (Phi) is 6.22. The van der Waals surface area contributed by atoms with Gasteiger partial charge in [-0.15, -0.1) is 0 Å². The minimum Gasteiger partial charge on any atom is -0.309 e. The SMILES string of the molecule is CC(C)CCC[C@@H](C)[C@H]1CC[C@H]2[C@@H]3C[C@@H](NCc4ccccc4)[C@]45CC4CC[C@]5(C)[C@H]3CC[C@]12C. The Balaban J connectivity index is 1.22. The molecule has 0 radical (unpaired) electrons. The lowest BCUT2D eigenvalue weighted by Gasteiger charge is -2.61. The molecule has 5 fully saturated rings. The summed E-state index contributed by atoms with van der Waals surface area (Å²) in [5.74, 6) is 6.70. The molecule has 1 aromatic carbocycles. The monoisotopic (exact) mass is 475 g/mol. The lowest BCUT2D eigenvalue weighted by atomic mass is 9.44. The third-order valence-corrected chi connectivity index (χ3v) is 13.2. The van der Waals surface area contributed by atoms with Gasteiger partial charge < -0.3 is 5.32 Å². The van der Waals surface area contributed by atoms with E-state index in [1.54, 1.807) is 0 Å². The molecule has 0 saturated heterocycles. The van der Waals surface area contributed by atoms with E-state index in [1.807, 2.05) is 0 Å². The van der Waals surface area contributed by atoms with Crippen LogP contribution in [0.2, 0.25) is 0 Å². The summed E-state index contributed by atoms with van der Waals surface area (Å²) in [5.41, 5.74) is 3.29. The summed E-state index contributed by atoms with van der Waals surface area (Å²) in [6.45, 7) is 14.0. The third kappa shape index (κ3) is 3.72. The molecular formula is C34H53N. The summed E-state index contributed by atoms with van der Waals surface area (Å²) in [7, 11) is 0. The van der Waals surface area contributed by atoms with E-state index in [9.17, 15) is 0 Å². The van der Waals surface area contributed by atoms with Crippen LogP contribution in [0.3, 0.4) is 0 Å². The van der Waals surface area contributed by atoms with Crippen LogP contribution in [0.15, 0.2) is 30.3 Å². The normalized spacial score (nSPS) is 46.6. The largest absolute Gasteiger partial charge is 0.309 e. The Hall–Kier alpha value is -0.820. The van der Waals surface area contributed by atoms with E-state index in [4.69, 9.17) is 0 Å². The zero-order chi connectivity index (χ0) is 24.4. The number of hydrogen-bond donors (Lipinski definition) is 1. The van der Waals surface area contributed by atoms with E-state index < -0.39 is 0 Å². The van der Waals surface area contributed by atoms with Crippen LogP contribution < -0.4 is 5.32 Å². The van der Waals surface area contributed by atoms with Crippen LogP contribution in [0.4, 0.5) is 0 Å². The van der Waals surface area contributed by atoms with Gasteiger partial charge in [-0.05, 0) is 115 Å². The second-order valence-corrected chi connectivity index (χ2v) is 15.0. The molecule has 0 heterocycles. The van der Waals surface area contributed by atoms with E-state index in [1.165, 1.54) is 76.2 Å². The fourth-order valence-electron chi connectivity index (χ4n) is 11.5. The molecule has 5 aliphatic carbocycles. The van der Waals surface area contributed by atoms with E-state index in [0.29, 0.717) is 16.2 Å². The average Bonchev–Trinajstić information content (AvgIpc) is 3.34. The molecule has 6 rings (SSSR count). The van der Waals surface area contributed by atoms with Crippen LogP contribution in [-0.2, 0) is 6.54 Å². The molecule has 1 unspecified atom stereocenters. The maximum Gasteiger partial charge on any atom is 0.0208 e. The van der Waals surface area contributed by atoms with Gasteiger partial charge in [-0.25, -0.2) is 0 Å². The number of benzene rings is 1. The summed E-state index contributed by atoms with van der Waals surface area (Å²) >= 11 is 0. The Morgan fingerprint density at radius 3 is 2.46 bits per heavy atom. The maximum absolute atomic E-state index is 4.21. The molecule has 1 heteroatoms. The summed E-state index contributed by atoms with van der Waals surface area (Å²) in [4.78, 5) is 0. The number of nitrogens with one attached hydrogen (secondary N) is 1. The van der Waals surface area contributed by atoms with Gasteiger partial charge in [-0.3, -0.25) is 0 Å². The summed E-state index contributed by atoms with van der Waals surface area (Å²) < 4.78 is 0. The first-order valence-electron chi connectivity index (χ1n) is 15.6. The summed E-state index contributed by atoms with van der Waals surface area (Å²) in [6.07, 6.45) is 16.4. The molecule has 5 aliphatic rings. The van der Waals surface area contributed by atoms with Crippen LogP contribution in [0.5, 0.6) is 0 Å². The van der Waals surface area contributed by atoms with Gasteiger partial charge >= 0.3 is 0 Å². The quantitative estimate of drug-likeness (QED) is 0.396. The molecule has 194 valence electrons. The molecule has 1 N–H and O–H groups in total. The fourth-order valence-corrected chi connectivity index (χ4v) is 11.5. The van der Waals surface area contributed by atoms with Crippen LogP contribution >= 0.6 is 0 Å². The molecule has 1 nitrogen and oxygen atoms in total. The minimum absolute atomic E-state index is 0.594. The van der Waals surface area contributed by atoms with Crippen molar-refractivity contribution in [2.24, 2.45) is 57.7 Å². The standard InChI is InChI=1S/C34H53N/c1-23(2)10-9-11-24(3)28-14-15-29-27-20-31(35-22-25-12-7-6-8-13-25)34-21-26(34)16-19-33(34,5)30(27)17-18-32(28,29)4/h6-8,12-13,23-24,26-31,35H,9-11,14-22H2,1-5H3/t24-,26?,27+,28-,29+,30+,31-,32-,33-,34+/m1/s1. The Morgan fingerprint density at radius 1 is 0.914 bits per heavy atom. The number of fused-ring (bicyclic) bond motifs is 4. The average molecular weight is 476 g/mol. The highest BCUT2D eigenvalue weighted by atomic mass is 15.0. The van der Waals surface area contributed by atoms with Gasteiger partial charge in [0.05, 0.1) is 0 Å². The van der Waals surface area contributed by atoms with E-state index in [-0.39, 0.29) is 0 Å². The third-order valence-electron chi connectivity index (χ3n) is 13.2. The molecule has 0 aliphatic heterocycles. The second-order valence-electron chi connectivity index (χ2n) is 15.0. The predicted molar refractivity (Wildman–Crippen MR) is 148 cm³/mol. The molecule has 35 heavy (non-hydrogen) atoms. The molecule has 10 atom stereocenters. The highest BCUT2D eigenvalue weighted by molar-refractivity contribution is 5.27. The molecule has 0 amide bonds. The van der Waals surface area contributed by atoms with Crippen molar-refractivity contribution in [2.75, 3.05) is 0 Å². The lowest BCUT2D eigenvalue weighted by Crippen LogP contribution is -2.59. The summed E-state index contributed by atoms with van der Waals surface area (Å²) in [5, 5.41) is 4.21. The molecular weight excluding hydrogens is 422 g/mol. The van der Waals surface area contributed by atoms with Crippen LogP contribution in [-0.4, -0.2) is 6.04 Å². The zero-order valence-electron chi connectivity index (χ0n) is 23.5. The van der Waals surface area contributed by atoms with Gasteiger partial charge in [0.1, 0.15) is 0 Å². The van der Waals surface area contributed by atoms with Crippen LogP contribution in [0.25, 0.3) is 0 Å². The van der Waals surface area contributed by atoms with Crippen LogP contribution in [0.1, 0.15) is 111 Å². The van der Waals surface area contributed by atoms with Crippen molar-refractivity contribution >= 4 is 0 Å². The smallest absolute Gasteiger partial charge is 0.0208 e. The van der Waals surface area contributed by atoms with Crippen molar-refractivity contribution in [1.82, 2.24) is 5.32 Å². The van der Waals surface area contributed by atoms with Crippen molar-refractivity contribution in [3.05, 3.63) is 35.9 Å². The highest BCUT2D eigenvalue weighted by Crippen LogP contribution is 2.81. The molecule has 0 aromatic heterocycles. The van der Waals surface area contributed by atoms with E-state index >= 15 is 0 Å². The molecule has 1 spiro atoms. The first kappa shape index (κ1) is 24.5. The predicted octanol–water partition coefficient (Wildman–Crippen LogP) is 8.88. The second kappa shape index (κ2) is 8.89. The lowest BCUT2D eigenvalue weighted by molar-refractivity contribution is -0.117.